The van der Waals surface area contributed by atoms with Crippen molar-refractivity contribution in [2.75, 3.05) is 11.6 Å². The van der Waals surface area contributed by atoms with Gasteiger partial charge in [-0.15, -0.1) is 11.8 Å². The molecule has 2 aromatic carbocycles. The Kier molecular flexibility index (Phi) is 5.27. The number of hydrogen-bond donors (Lipinski definition) is 1. The van der Waals surface area contributed by atoms with Gasteiger partial charge < -0.3 is 5.32 Å². The molecule has 0 aliphatic carbocycles. The number of carbonyl (C=O) groups is 1. The molecule has 2 rings (SSSR count). The predicted octanol–water partition coefficient (Wildman–Crippen LogP) is 4.84. The smallest absolute Gasteiger partial charge is 0.188 e. The molecule has 0 unspecified atom stereocenters. The molecule has 4 heteroatoms. The van der Waals surface area contributed by atoms with Crippen LogP contribution in [0.5, 0.6) is 0 Å². The lowest BCUT2D eigenvalue weighted by Crippen LogP contribution is -2.01. The van der Waals surface area contributed by atoms with Crippen LogP contribution < -0.4 is 5.32 Å². The first kappa shape index (κ1) is 14.7. The van der Waals surface area contributed by atoms with Crippen molar-refractivity contribution < 1.29 is 4.79 Å². The fourth-order valence-electron chi connectivity index (χ4n) is 1.65. The van der Waals surface area contributed by atoms with Gasteiger partial charge in [-0.1, -0.05) is 54.1 Å². The molecule has 2 aromatic rings. The number of thioether (sulfide) groups is 1. The highest BCUT2D eigenvalue weighted by Crippen LogP contribution is 2.25. The molecule has 0 saturated heterocycles. The number of allylic oxidation sites excluding steroid dienone is 1. The molecule has 0 heterocycles. The summed E-state index contributed by atoms with van der Waals surface area (Å²) < 4.78 is 0. The van der Waals surface area contributed by atoms with Gasteiger partial charge in [-0.05, 0) is 18.4 Å². The average Bonchev–Trinajstić information content (AvgIpc) is 2.49. The van der Waals surface area contributed by atoms with Crippen molar-refractivity contribution in [1.82, 2.24) is 0 Å². The molecule has 2 nitrogen and oxygen atoms in total. The molecule has 0 saturated carbocycles. The average molecular weight is 304 g/mol. The van der Waals surface area contributed by atoms with Crippen LogP contribution in [0.3, 0.4) is 0 Å². The van der Waals surface area contributed by atoms with Gasteiger partial charge in [0.05, 0.1) is 15.7 Å². The van der Waals surface area contributed by atoms with Gasteiger partial charge in [-0.25, -0.2) is 0 Å². The Morgan fingerprint density at radius 3 is 2.40 bits per heavy atom. The number of rotatable bonds is 5. The van der Waals surface area contributed by atoms with Crippen LogP contribution in [0.2, 0.25) is 5.02 Å². The summed E-state index contributed by atoms with van der Waals surface area (Å²) in [5.41, 5.74) is 1.45. The maximum Gasteiger partial charge on any atom is 0.188 e. The molecular weight excluding hydrogens is 290 g/mol. The van der Waals surface area contributed by atoms with E-state index >= 15 is 0 Å². The molecule has 0 aliphatic heterocycles. The van der Waals surface area contributed by atoms with E-state index in [9.17, 15) is 4.79 Å². The zero-order chi connectivity index (χ0) is 14.4. The fourth-order valence-corrected chi connectivity index (χ4v) is 2.27. The molecule has 0 aromatic heterocycles. The third-order valence-electron chi connectivity index (χ3n) is 2.67. The third-order valence-corrected chi connectivity index (χ3v) is 3.66. The fraction of sp³-hybridized carbons (Fsp3) is 0.0625. The summed E-state index contributed by atoms with van der Waals surface area (Å²) in [6.07, 6.45) is 3.50. The molecule has 0 amide bonds. The molecule has 0 atom stereocenters. The van der Waals surface area contributed by atoms with Crippen LogP contribution in [0.25, 0.3) is 0 Å². The molecule has 0 aliphatic rings. The van der Waals surface area contributed by atoms with Crippen LogP contribution in [0.4, 0.5) is 5.69 Å². The molecule has 0 radical (unpaired) electrons. The summed E-state index contributed by atoms with van der Waals surface area (Å²) in [5.74, 6) is -0.0329. The van der Waals surface area contributed by atoms with Crippen molar-refractivity contribution in [3.05, 3.63) is 76.3 Å². The van der Waals surface area contributed by atoms with Crippen molar-refractivity contribution in [3.8, 4) is 0 Å². The van der Waals surface area contributed by atoms with Gasteiger partial charge in [-0.2, -0.15) is 0 Å². The summed E-state index contributed by atoms with van der Waals surface area (Å²) >= 11 is 7.56. The summed E-state index contributed by atoms with van der Waals surface area (Å²) in [6.45, 7) is 0. The van der Waals surface area contributed by atoms with Crippen molar-refractivity contribution in [3.63, 3.8) is 0 Å². The summed E-state index contributed by atoms with van der Waals surface area (Å²) in [6, 6.07) is 16.6. The van der Waals surface area contributed by atoms with Crippen LogP contribution in [0.15, 0.2) is 65.7 Å². The minimum absolute atomic E-state index is 0.0329. The quantitative estimate of drug-likeness (QED) is 0.633. The zero-order valence-electron chi connectivity index (χ0n) is 11.0. The number of benzene rings is 2. The largest absolute Gasteiger partial charge is 0.349 e. The monoisotopic (exact) mass is 303 g/mol. The molecule has 1 N–H and O–H groups in total. The van der Waals surface area contributed by atoms with Gasteiger partial charge >= 0.3 is 0 Å². The van der Waals surface area contributed by atoms with E-state index in [1.807, 2.05) is 42.7 Å². The lowest BCUT2D eigenvalue weighted by Gasteiger charge is -2.09. The Labute approximate surface area is 127 Å². The van der Waals surface area contributed by atoms with E-state index in [1.165, 1.54) is 11.8 Å². The van der Waals surface area contributed by atoms with E-state index in [0.717, 1.165) is 10.7 Å². The Bertz CT molecular complexity index is 625. The molecule has 102 valence electrons. The first-order chi connectivity index (χ1) is 9.70. The van der Waals surface area contributed by atoms with E-state index in [1.54, 1.807) is 24.3 Å². The Hall–Kier alpha value is -1.71. The third kappa shape index (κ3) is 3.89. The Balaban J connectivity index is 2.18. The van der Waals surface area contributed by atoms with Crippen LogP contribution in [-0.2, 0) is 0 Å². The molecular formula is C16H14ClNOS. The predicted molar refractivity (Wildman–Crippen MR) is 87.4 cm³/mol. The van der Waals surface area contributed by atoms with Crippen molar-refractivity contribution in [2.24, 2.45) is 0 Å². The Morgan fingerprint density at radius 2 is 1.75 bits per heavy atom. The van der Waals surface area contributed by atoms with E-state index in [0.29, 0.717) is 10.6 Å². The molecule has 0 bridgehead atoms. The molecule has 20 heavy (non-hydrogen) atoms. The second-order valence-corrected chi connectivity index (χ2v) is 5.30. The second-order valence-electron chi connectivity index (χ2n) is 4.05. The maximum atomic E-state index is 12.1. The highest BCUT2D eigenvalue weighted by Gasteiger charge is 2.06. The van der Waals surface area contributed by atoms with Gasteiger partial charge in [0.1, 0.15) is 0 Å². The van der Waals surface area contributed by atoms with Gasteiger partial charge in [0.25, 0.3) is 0 Å². The Morgan fingerprint density at radius 1 is 1.10 bits per heavy atom. The standard InChI is InChI=1S/C16H14ClNOS/c1-20-16(18-14-10-6-5-9-13(14)17)11-15(19)12-7-3-2-4-8-12/h2-11,18H,1H3/b16-11+. The SMILES string of the molecule is CS/C(=C/C(=O)c1ccccc1)Nc1ccccc1Cl. The number of halogens is 1. The van der Waals surface area contributed by atoms with Gasteiger partial charge in [-0.3, -0.25) is 4.79 Å². The van der Waals surface area contributed by atoms with Crippen LogP contribution in [-0.4, -0.2) is 12.0 Å². The molecule has 0 fully saturated rings. The normalized spacial score (nSPS) is 11.2. The minimum atomic E-state index is -0.0329. The van der Waals surface area contributed by atoms with Gasteiger partial charge in [0.15, 0.2) is 5.78 Å². The molecule has 0 spiro atoms. The first-order valence-electron chi connectivity index (χ1n) is 6.07. The first-order valence-corrected chi connectivity index (χ1v) is 7.67. The van der Waals surface area contributed by atoms with Crippen LogP contribution in [0.1, 0.15) is 10.4 Å². The second kappa shape index (κ2) is 7.17. The van der Waals surface area contributed by atoms with Crippen LogP contribution in [0, 0.1) is 0 Å². The van der Waals surface area contributed by atoms with Crippen molar-refractivity contribution >= 4 is 34.8 Å². The lowest BCUT2D eigenvalue weighted by atomic mass is 10.1. The number of nitrogens with one attached hydrogen (secondary N) is 1. The van der Waals surface area contributed by atoms with Crippen LogP contribution >= 0.6 is 23.4 Å². The topological polar surface area (TPSA) is 29.1 Å². The highest BCUT2D eigenvalue weighted by atomic mass is 35.5. The van der Waals surface area contributed by atoms with E-state index < -0.39 is 0 Å². The summed E-state index contributed by atoms with van der Waals surface area (Å²) in [5, 5.41) is 4.55. The zero-order valence-corrected chi connectivity index (χ0v) is 12.5. The van der Waals surface area contributed by atoms with Gasteiger partial charge in [0.2, 0.25) is 0 Å². The highest BCUT2D eigenvalue weighted by molar-refractivity contribution is 8.02. The summed E-state index contributed by atoms with van der Waals surface area (Å²) in [4.78, 5) is 12.1. The summed E-state index contributed by atoms with van der Waals surface area (Å²) in [7, 11) is 0. The number of ketones is 1. The van der Waals surface area contributed by atoms with Crippen molar-refractivity contribution in [1.29, 1.82) is 0 Å². The van der Waals surface area contributed by atoms with Gasteiger partial charge in [0, 0.05) is 11.6 Å². The van der Waals surface area contributed by atoms with Crippen molar-refractivity contribution in [2.45, 2.75) is 0 Å². The number of hydrogen-bond acceptors (Lipinski definition) is 3. The minimum Gasteiger partial charge on any atom is -0.349 e. The van der Waals surface area contributed by atoms with E-state index in [-0.39, 0.29) is 5.78 Å². The number of carbonyl (C=O) groups excluding carboxylic acids is 1. The number of anilines is 1. The lowest BCUT2D eigenvalue weighted by molar-refractivity contribution is 0.104. The maximum absolute atomic E-state index is 12.1. The van der Waals surface area contributed by atoms with E-state index in [2.05, 4.69) is 5.32 Å². The number of para-hydroxylation sites is 1. The van der Waals surface area contributed by atoms with E-state index in [4.69, 9.17) is 11.6 Å².